The minimum absolute atomic E-state index is 0.109. The molecule has 0 aliphatic rings. The molecule has 0 aliphatic heterocycles. The Hall–Kier alpha value is -3.02. The van der Waals surface area contributed by atoms with Crippen molar-refractivity contribution < 1.29 is 13.9 Å². The molecule has 0 bridgehead atoms. The number of halogens is 1. The van der Waals surface area contributed by atoms with Crippen molar-refractivity contribution >= 4 is 5.97 Å². The summed E-state index contributed by atoms with van der Waals surface area (Å²) < 4.78 is 19.3. The molecule has 1 heterocycles. The lowest BCUT2D eigenvalue weighted by Gasteiger charge is -2.07. The largest absolute Gasteiger partial charge is 0.464 e. The van der Waals surface area contributed by atoms with E-state index < -0.39 is 5.97 Å². The number of hydrogen-bond donors (Lipinski definition) is 0. The summed E-state index contributed by atoms with van der Waals surface area (Å²) >= 11 is 0. The average molecular weight is 297 g/mol. The zero-order valence-corrected chi connectivity index (χ0v) is 11.7. The van der Waals surface area contributed by atoms with Crippen LogP contribution in [0.3, 0.4) is 0 Å². The summed E-state index contributed by atoms with van der Waals surface area (Å²) in [5.74, 6) is -0.925. The van der Waals surface area contributed by atoms with Crippen molar-refractivity contribution in [3.05, 3.63) is 66.1 Å². The maximum Gasteiger partial charge on any atom is 0.360 e. The second-order valence-corrected chi connectivity index (χ2v) is 4.53. The molecule has 6 heteroatoms. The molecular weight excluding hydrogens is 285 g/mol. The van der Waals surface area contributed by atoms with Crippen LogP contribution in [0.5, 0.6) is 0 Å². The third kappa shape index (κ3) is 2.46. The second-order valence-electron chi connectivity index (χ2n) is 4.53. The SMILES string of the molecule is COC(=O)c1nnn(-c2ccc(F)cc2)c1-c1ccccc1. The van der Waals surface area contributed by atoms with Crippen molar-refractivity contribution in [2.24, 2.45) is 0 Å². The van der Waals surface area contributed by atoms with Gasteiger partial charge in [0.15, 0.2) is 5.69 Å². The van der Waals surface area contributed by atoms with Crippen LogP contribution in [0.2, 0.25) is 0 Å². The normalized spacial score (nSPS) is 10.5. The summed E-state index contributed by atoms with van der Waals surface area (Å²) in [6, 6.07) is 15.0. The average Bonchev–Trinajstić information content (AvgIpc) is 3.00. The van der Waals surface area contributed by atoms with Crippen molar-refractivity contribution in [1.29, 1.82) is 0 Å². The van der Waals surface area contributed by atoms with E-state index in [-0.39, 0.29) is 11.5 Å². The van der Waals surface area contributed by atoms with E-state index >= 15 is 0 Å². The van der Waals surface area contributed by atoms with Crippen LogP contribution < -0.4 is 0 Å². The van der Waals surface area contributed by atoms with Gasteiger partial charge in [-0.05, 0) is 24.3 Å². The van der Waals surface area contributed by atoms with E-state index in [4.69, 9.17) is 4.74 Å². The van der Waals surface area contributed by atoms with Gasteiger partial charge in [0.2, 0.25) is 0 Å². The molecule has 0 amide bonds. The third-order valence-electron chi connectivity index (χ3n) is 3.17. The van der Waals surface area contributed by atoms with Crippen LogP contribution in [0.25, 0.3) is 16.9 Å². The Labute approximate surface area is 126 Å². The van der Waals surface area contributed by atoms with Crippen LogP contribution in [0, 0.1) is 5.82 Å². The van der Waals surface area contributed by atoms with Gasteiger partial charge >= 0.3 is 5.97 Å². The number of aromatic nitrogens is 3. The van der Waals surface area contributed by atoms with Crippen LogP contribution in [0.1, 0.15) is 10.5 Å². The smallest absolute Gasteiger partial charge is 0.360 e. The summed E-state index contributed by atoms with van der Waals surface area (Å²) in [4.78, 5) is 11.9. The van der Waals surface area contributed by atoms with Crippen LogP contribution in [-0.4, -0.2) is 28.1 Å². The number of ether oxygens (including phenoxy) is 1. The van der Waals surface area contributed by atoms with E-state index in [2.05, 4.69) is 10.3 Å². The van der Waals surface area contributed by atoms with E-state index in [1.54, 1.807) is 12.1 Å². The van der Waals surface area contributed by atoms with Crippen molar-refractivity contribution in [3.8, 4) is 16.9 Å². The van der Waals surface area contributed by atoms with E-state index in [0.717, 1.165) is 5.56 Å². The minimum atomic E-state index is -0.577. The first-order valence-electron chi connectivity index (χ1n) is 6.56. The van der Waals surface area contributed by atoms with Gasteiger partial charge in [-0.2, -0.15) is 0 Å². The van der Waals surface area contributed by atoms with Gasteiger partial charge in [-0.15, -0.1) is 5.10 Å². The zero-order chi connectivity index (χ0) is 15.5. The molecule has 0 spiro atoms. The van der Waals surface area contributed by atoms with Crippen molar-refractivity contribution in [1.82, 2.24) is 15.0 Å². The fraction of sp³-hybridized carbons (Fsp3) is 0.0625. The van der Waals surface area contributed by atoms with Gasteiger partial charge in [0.1, 0.15) is 11.5 Å². The summed E-state index contributed by atoms with van der Waals surface area (Å²) in [7, 11) is 1.29. The first kappa shape index (κ1) is 13.9. The van der Waals surface area contributed by atoms with E-state index in [1.807, 2.05) is 30.3 Å². The molecule has 5 nitrogen and oxygen atoms in total. The van der Waals surface area contributed by atoms with Crippen molar-refractivity contribution in [2.75, 3.05) is 7.11 Å². The first-order chi connectivity index (χ1) is 10.7. The van der Waals surface area contributed by atoms with E-state index in [0.29, 0.717) is 11.4 Å². The number of carbonyl (C=O) groups excluding carboxylic acids is 1. The molecule has 3 rings (SSSR count). The number of esters is 1. The number of benzene rings is 2. The molecule has 0 N–H and O–H groups in total. The molecule has 2 aromatic carbocycles. The van der Waals surface area contributed by atoms with Gasteiger partial charge in [0, 0.05) is 5.56 Å². The summed E-state index contributed by atoms with van der Waals surface area (Å²) in [6.45, 7) is 0. The Morgan fingerprint density at radius 3 is 2.41 bits per heavy atom. The fourth-order valence-electron chi connectivity index (χ4n) is 2.13. The number of nitrogens with zero attached hydrogens (tertiary/aromatic N) is 3. The van der Waals surface area contributed by atoms with Gasteiger partial charge in [0.25, 0.3) is 0 Å². The number of carbonyl (C=O) groups is 1. The van der Waals surface area contributed by atoms with Gasteiger partial charge in [0.05, 0.1) is 12.8 Å². The maximum absolute atomic E-state index is 13.1. The Kier molecular flexibility index (Phi) is 3.65. The highest BCUT2D eigenvalue weighted by molar-refractivity contribution is 5.94. The van der Waals surface area contributed by atoms with Crippen LogP contribution >= 0.6 is 0 Å². The lowest BCUT2D eigenvalue weighted by atomic mass is 10.1. The number of hydrogen-bond acceptors (Lipinski definition) is 4. The maximum atomic E-state index is 13.1. The topological polar surface area (TPSA) is 57.0 Å². The van der Waals surface area contributed by atoms with Gasteiger partial charge < -0.3 is 4.74 Å². The van der Waals surface area contributed by atoms with Crippen molar-refractivity contribution in [2.45, 2.75) is 0 Å². The van der Waals surface area contributed by atoms with Crippen LogP contribution in [-0.2, 0) is 4.74 Å². The highest BCUT2D eigenvalue weighted by Crippen LogP contribution is 2.25. The number of rotatable bonds is 3. The van der Waals surface area contributed by atoms with Gasteiger partial charge in [-0.1, -0.05) is 35.5 Å². The predicted octanol–water partition coefficient (Wildman–Crippen LogP) is 2.86. The summed E-state index contributed by atoms with van der Waals surface area (Å²) in [5, 5.41) is 7.91. The summed E-state index contributed by atoms with van der Waals surface area (Å²) in [6.07, 6.45) is 0. The zero-order valence-electron chi connectivity index (χ0n) is 11.7. The third-order valence-corrected chi connectivity index (χ3v) is 3.17. The molecule has 0 atom stereocenters. The molecule has 110 valence electrons. The molecule has 0 unspecified atom stereocenters. The first-order valence-corrected chi connectivity index (χ1v) is 6.56. The lowest BCUT2D eigenvalue weighted by molar-refractivity contribution is 0.0595. The van der Waals surface area contributed by atoms with E-state index in [9.17, 15) is 9.18 Å². The highest BCUT2D eigenvalue weighted by atomic mass is 19.1. The molecule has 0 radical (unpaired) electrons. The fourth-order valence-corrected chi connectivity index (χ4v) is 2.13. The second kappa shape index (κ2) is 5.77. The molecular formula is C16H12FN3O2. The summed E-state index contributed by atoms with van der Waals surface area (Å²) in [5.41, 5.74) is 1.97. The molecule has 0 saturated carbocycles. The molecule has 0 fully saturated rings. The van der Waals surface area contributed by atoms with Gasteiger partial charge in [-0.3, -0.25) is 0 Å². The van der Waals surface area contributed by atoms with Crippen LogP contribution in [0.15, 0.2) is 54.6 Å². The Morgan fingerprint density at radius 1 is 1.09 bits per heavy atom. The quantitative estimate of drug-likeness (QED) is 0.698. The Morgan fingerprint density at radius 2 is 1.77 bits per heavy atom. The molecule has 22 heavy (non-hydrogen) atoms. The predicted molar refractivity (Wildman–Crippen MR) is 78.1 cm³/mol. The van der Waals surface area contributed by atoms with Gasteiger partial charge in [-0.25, -0.2) is 13.9 Å². The Balaban J connectivity index is 2.21. The van der Waals surface area contributed by atoms with E-state index in [1.165, 1.54) is 23.9 Å². The Bertz CT molecular complexity index is 798. The standard InChI is InChI=1S/C16H12FN3O2/c1-22-16(21)14-15(11-5-3-2-4-6-11)20(19-18-14)13-9-7-12(17)8-10-13/h2-10H,1H3. The number of methoxy groups -OCH3 is 1. The molecule has 0 saturated heterocycles. The van der Waals surface area contributed by atoms with Crippen molar-refractivity contribution in [3.63, 3.8) is 0 Å². The highest BCUT2D eigenvalue weighted by Gasteiger charge is 2.22. The monoisotopic (exact) mass is 297 g/mol. The molecule has 3 aromatic rings. The molecule has 0 aliphatic carbocycles. The minimum Gasteiger partial charge on any atom is -0.464 e. The lowest BCUT2D eigenvalue weighted by Crippen LogP contribution is -2.05. The van der Waals surface area contributed by atoms with Crippen LogP contribution in [0.4, 0.5) is 4.39 Å². The molecule has 1 aromatic heterocycles.